The molecule has 0 fully saturated rings. The van der Waals surface area contributed by atoms with Crippen molar-refractivity contribution in [1.29, 1.82) is 0 Å². The van der Waals surface area contributed by atoms with Crippen LogP contribution in [0.15, 0.2) is 35.7 Å². The lowest BCUT2D eigenvalue weighted by Crippen LogP contribution is -2.29. The van der Waals surface area contributed by atoms with Crippen LogP contribution in [0.3, 0.4) is 0 Å². The lowest BCUT2D eigenvalue weighted by molar-refractivity contribution is -0.128. The smallest absolute Gasteiger partial charge is 0.250 e. The Hall–Kier alpha value is -1.89. The van der Waals surface area contributed by atoms with E-state index >= 15 is 0 Å². The van der Waals surface area contributed by atoms with Crippen LogP contribution in [0, 0.1) is 6.92 Å². The Morgan fingerprint density at radius 3 is 2.70 bits per heavy atom. The predicted molar refractivity (Wildman–Crippen MR) is 91.8 cm³/mol. The van der Waals surface area contributed by atoms with E-state index in [1.54, 1.807) is 23.5 Å². The van der Waals surface area contributed by atoms with E-state index in [2.05, 4.69) is 10.6 Å². The number of rotatable bonds is 7. The Morgan fingerprint density at radius 1 is 1.22 bits per heavy atom. The van der Waals surface area contributed by atoms with Gasteiger partial charge in [-0.1, -0.05) is 23.7 Å². The molecule has 2 amide bonds. The minimum absolute atomic E-state index is 0.159. The van der Waals surface area contributed by atoms with E-state index in [0.29, 0.717) is 17.3 Å². The molecule has 122 valence electrons. The zero-order chi connectivity index (χ0) is 16.7. The SMILES string of the molecule is Cc1ccc(NC(=O)COCC(=O)NCc2cccs2)cc1Cl. The third-order valence-corrected chi connectivity index (χ3v) is 4.25. The molecule has 1 aromatic carbocycles. The van der Waals surface area contributed by atoms with Gasteiger partial charge in [0.25, 0.3) is 0 Å². The minimum atomic E-state index is -0.337. The van der Waals surface area contributed by atoms with Gasteiger partial charge in [0, 0.05) is 15.6 Å². The second kappa shape index (κ2) is 8.67. The molecule has 0 saturated heterocycles. The van der Waals surface area contributed by atoms with E-state index in [1.165, 1.54) is 0 Å². The first-order valence-corrected chi connectivity index (χ1v) is 8.23. The first-order chi connectivity index (χ1) is 11.0. The molecule has 2 N–H and O–H groups in total. The largest absolute Gasteiger partial charge is 0.362 e. The Kier molecular flexibility index (Phi) is 6.58. The molecule has 0 aliphatic carbocycles. The third-order valence-electron chi connectivity index (χ3n) is 2.96. The highest BCUT2D eigenvalue weighted by molar-refractivity contribution is 7.09. The second-order valence-corrected chi connectivity index (χ2v) is 6.30. The van der Waals surface area contributed by atoms with E-state index in [1.807, 2.05) is 30.5 Å². The van der Waals surface area contributed by atoms with Gasteiger partial charge < -0.3 is 15.4 Å². The van der Waals surface area contributed by atoms with Gasteiger partial charge in [0.2, 0.25) is 11.8 Å². The normalized spacial score (nSPS) is 10.3. The maximum Gasteiger partial charge on any atom is 0.250 e. The Morgan fingerprint density at radius 2 is 2.00 bits per heavy atom. The molecule has 1 aromatic heterocycles. The predicted octanol–water partition coefficient (Wildman–Crippen LogP) is 2.98. The number of anilines is 1. The number of carbonyl (C=O) groups excluding carboxylic acids is 2. The maximum atomic E-state index is 11.7. The molecule has 0 bridgehead atoms. The lowest BCUT2D eigenvalue weighted by atomic mass is 10.2. The summed E-state index contributed by atoms with van der Waals surface area (Å²) in [5, 5.41) is 7.90. The summed E-state index contributed by atoms with van der Waals surface area (Å²) in [6, 6.07) is 9.10. The number of halogens is 1. The van der Waals surface area contributed by atoms with Crippen LogP contribution < -0.4 is 10.6 Å². The molecule has 0 aliphatic heterocycles. The standard InChI is InChI=1S/C16H17ClN2O3S/c1-11-4-5-12(7-14(11)17)19-16(21)10-22-9-15(20)18-8-13-3-2-6-23-13/h2-7H,8-10H2,1H3,(H,18,20)(H,19,21). The van der Waals surface area contributed by atoms with Crippen molar-refractivity contribution in [2.24, 2.45) is 0 Å². The highest BCUT2D eigenvalue weighted by Crippen LogP contribution is 2.19. The molecule has 7 heteroatoms. The number of ether oxygens (including phenoxy) is 1. The van der Waals surface area contributed by atoms with Crippen molar-refractivity contribution in [2.45, 2.75) is 13.5 Å². The van der Waals surface area contributed by atoms with E-state index in [9.17, 15) is 9.59 Å². The van der Waals surface area contributed by atoms with Crippen molar-refractivity contribution in [3.05, 3.63) is 51.2 Å². The molecule has 0 unspecified atom stereocenters. The Bertz CT molecular complexity index is 674. The number of nitrogens with one attached hydrogen (secondary N) is 2. The average Bonchev–Trinajstić information content (AvgIpc) is 3.02. The summed E-state index contributed by atoms with van der Waals surface area (Å²) in [5.74, 6) is -0.597. The molecule has 0 saturated carbocycles. The average molecular weight is 353 g/mol. The first kappa shape index (κ1) is 17.5. The molecule has 2 rings (SSSR count). The fourth-order valence-corrected chi connectivity index (χ4v) is 2.58. The van der Waals surface area contributed by atoms with Crippen molar-refractivity contribution in [1.82, 2.24) is 5.32 Å². The summed E-state index contributed by atoms with van der Waals surface area (Å²) >= 11 is 7.55. The molecule has 1 heterocycles. The van der Waals surface area contributed by atoms with Crippen LogP contribution in [0.5, 0.6) is 0 Å². The number of hydrogen-bond acceptors (Lipinski definition) is 4. The van der Waals surface area contributed by atoms with Crippen LogP contribution in [0.25, 0.3) is 0 Å². The van der Waals surface area contributed by atoms with Gasteiger partial charge in [-0.15, -0.1) is 11.3 Å². The van der Waals surface area contributed by atoms with E-state index in [-0.39, 0.29) is 25.0 Å². The van der Waals surface area contributed by atoms with Gasteiger partial charge in [-0.3, -0.25) is 9.59 Å². The van der Waals surface area contributed by atoms with Crippen molar-refractivity contribution in [3.63, 3.8) is 0 Å². The fourth-order valence-electron chi connectivity index (χ4n) is 1.75. The maximum absolute atomic E-state index is 11.7. The van der Waals surface area contributed by atoms with Crippen molar-refractivity contribution < 1.29 is 14.3 Å². The minimum Gasteiger partial charge on any atom is -0.362 e. The number of aryl methyl sites for hydroxylation is 1. The van der Waals surface area contributed by atoms with Gasteiger partial charge in [-0.25, -0.2) is 0 Å². The Labute approximate surface area is 143 Å². The highest BCUT2D eigenvalue weighted by Gasteiger charge is 2.07. The number of thiophene rings is 1. The fraction of sp³-hybridized carbons (Fsp3) is 0.250. The molecular weight excluding hydrogens is 336 g/mol. The molecule has 2 aromatic rings. The van der Waals surface area contributed by atoms with Crippen LogP contribution in [0.2, 0.25) is 5.02 Å². The van der Waals surface area contributed by atoms with Gasteiger partial charge in [0.1, 0.15) is 13.2 Å². The zero-order valence-corrected chi connectivity index (χ0v) is 14.2. The monoisotopic (exact) mass is 352 g/mol. The summed E-state index contributed by atoms with van der Waals surface area (Å²) < 4.78 is 5.10. The molecule has 23 heavy (non-hydrogen) atoms. The first-order valence-electron chi connectivity index (χ1n) is 6.97. The van der Waals surface area contributed by atoms with Crippen LogP contribution >= 0.6 is 22.9 Å². The van der Waals surface area contributed by atoms with Crippen LogP contribution in [-0.4, -0.2) is 25.0 Å². The number of carbonyl (C=O) groups is 2. The number of benzene rings is 1. The van der Waals surface area contributed by atoms with Gasteiger partial charge in [-0.2, -0.15) is 0 Å². The van der Waals surface area contributed by atoms with Gasteiger partial charge in [-0.05, 0) is 36.1 Å². The van der Waals surface area contributed by atoms with Gasteiger partial charge >= 0.3 is 0 Å². The Balaban J connectivity index is 1.65. The summed E-state index contributed by atoms with van der Waals surface area (Å²) in [6.07, 6.45) is 0. The molecule has 0 atom stereocenters. The quantitative estimate of drug-likeness (QED) is 0.805. The third kappa shape index (κ3) is 6.02. The van der Waals surface area contributed by atoms with E-state index < -0.39 is 0 Å². The van der Waals surface area contributed by atoms with Gasteiger partial charge in [0.15, 0.2) is 0 Å². The van der Waals surface area contributed by atoms with Crippen LogP contribution in [0.1, 0.15) is 10.4 Å². The molecule has 0 spiro atoms. The van der Waals surface area contributed by atoms with Crippen molar-refractivity contribution in [3.8, 4) is 0 Å². The molecule has 0 aliphatic rings. The highest BCUT2D eigenvalue weighted by atomic mass is 35.5. The number of amides is 2. The summed E-state index contributed by atoms with van der Waals surface area (Å²) in [5.41, 5.74) is 1.53. The summed E-state index contributed by atoms with van der Waals surface area (Å²) in [6.45, 7) is 1.99. The van der Waals surface area contributed by atoms with E-state index in [0.717, 1.165) is 10.4 Å². The van der Waals surface area contributed by atoms with Crippen LogP contribution in [-0.2, 0) is 20.9 Å². The number of hydrogen-bond donors (Lipinski definition) is 2. The van der Waals surface area contributed by atoms with Crippen molar-refractivity contribution >= 4 is 40.4 Å². The van der Waals surface area contributed by atoms with Crippen molar-refractivity contribution in [2.75, 3.05) is 18.5 Å². The lowest BCUT2D eigenvalue weighted by Gasteiger charge is -2.08. The van der Waals surface area contributed by atoms with E-state index in [4.69, 9.17) is 16.3 Å². The molecular formula is C16H17ClN2O3S. The second-order valence-electron chi connectivity index (χ2n) is 4.86. The molecule has 5 nitrogen and oxygen atoms in total. The van der Waals surface area contributed by atoms with Crippen LogP contribution in [0.4, 0.5) is 5.69 Å². The zero-order valence-electron chi connectivity index (χ0n) is 12.6. The van der Waals surface area contributed by atoms with Gasteiger partial charge in [0.05, 0.1) is 6.54 Å². The summed E-state index contributed by atoms with van der Waals surface area (Å²) in [7, 11) is 0. The summed E-state index contributed by atoms with van der Waals surface area (Å²) in [4.78, 5) is 24.4. The topological polar surface area (TPSA) is 67.4 Å². The molecule has 0 radical (unpaired) electrons.